The molecule has 0 saturated carbocycles. The molecule has 0 heterocycles. The number of halogens is 1. The van der Waals surface area contributed by atoms with Gasteiger partial charge >= 0.3 is 5.97 Å². The van der Waals surface area contributed by atoms with Gasteiger partial charge in [0.2, 0.25) is 5.91 Å². The summed E-state index contributed by atoms with van der Waals surface area (Å²) in [7, 11) is 1.33. The number of carbonyl (C=O) groups is 2. The fourth-order valence-electron chi connectivity index (χ4n) is 1.86. The van der Waals surface area contributed by atoms with Gasteiger partial charge in [-0.05, 0) is 23.8 Å². The van der Waals surface area contributed by atoms with Crippen LogP contribution >= 0.6 is 11.6 Å². The predicted molar refractivity (Wildman–Crippen MR) is 88.4 cm³/mol. The van der Waals surface area contributed by atoms with E-state index in [9.17, 15) is 9.59 Å². The van der Waals surface area contributed by atoms with Gasteiger partial charge in [0.1, 0.15) is 0 Å². The summed E-state index contributed by atoms with van der Waals surface area (Å²) >= 11 is 5.81. The molecule has 22 heavy (non-hydrogen) atoms. The van der Waals surface area contributed by atoms with Crippen LogP contribution in [0.4, 0.5) is 0 Å². The largest absolute Gasteiger partial charge is 0.469 e. The zero-order valence-electron chi connectivity index (χ0n) is 12.8. The molecule has 118 valence electrons. The first-order valence-electron chi connectivity index (χ1n) is 6.89. The minimum absolute atomic E-state index is 0.189. The topological polar surface area (TPSA) is 46.6 Å². The molecule has 0 bridgehead atoms. The van der Waals surface area contributed by atoms with E-state index in [0.29, 0.717) is 11.6 Å². The predicted octanol–water partition coefficient (Wildman–Crippen LogP) is 3.18. The molecule has 0 aromatic heterocycles. The molecule has 4 nitrogen and oxygen atoms in total. The van der Waals surface area contributed by atoms with E-state index in [-0.39, 0.29) is 18.4 Å². The Morgan fingerprint density at radius 3 is 2.55 bits per heavy atom. The van der Waals surface area contributed by atoms with Gasteiger partial charge in [-0.1, -0.05) is 36.7 Å². The van der Waals surface area contributed by atoms with Crippen LogP contribution < -0.4 is 0 Å². The van der Waals surface area contributed by atoms with Crippen molar-refractivity contribution in [1.29, 1.82) is 0 Å². The molecule has 5 heteroatoms. The summed E-state index contributed by atoms with van der Waals surface area (Å²) in [5.41, 5.74) is 0.873. The number of nitrogens with zero attached hydrogens (tertiary/aromatic N) is 1. The molecule has 1 aromatic carbocycles. The molecule has 1 aromatic rings. The highest BCUT2D eigenvalue weighted by Gasteiger charge is 2.19. The second-order valence-corrected chi connectivity index (χ2v) is 5.28. The lowest BCUT2D eigenvalue weighted by Crippen LogP contribution is -2.36. The van der Waals surface area contributed by atoms with E-state index < -0.39 is 5.92 Å². The Morgan fingerprint density at radius 1 is 1.36 bits per heavy atom. The van der Waals surface area contributed by atoms with Crippen LogP contribution in [0.5, 0.6) is 0 Å². The van der Waals surface area contributed by atoms with Gasteiger partial charge in [-0.3, -0.25) is 9.59 Å². The Balaban J connectivity index is 2.73. The Morgan fingerprint density at radius 2 is 2.00 bits per heavy atom. The van der Waals surface area contributed by atoms with Gasteiger partial charge in [0.15, 0.2) is 0 Å². The minimum Gasteiger partial charge on any atom is -0.469 e. The summed E-state index contributed by atoms with van der Waals surface area (Å²) in [6.07, 6.45) is 4.80. The van der Waals surface area contributed by atoms with Gasteiger partial charge in [0.25, 0.3) is 0 Å². The molecule has 0 fully saturated rings. The molecule has 1 unspecified atom stereocenters. The van der Waals surface area contributed by atoms with Crippen molar-refractivity contribution in [1.82, 2.24) is 4.90 Å². The number of hydrogen-bond donors (Lipinski definition) is 0. The number of ether oxygens (including phenoxy) is 1. The Labute approximate surface area is 136 Å². The molecule has 1 atom stereocenters. The summed E-state index contributed by atoms with van der Waals surface area (Å²) in [5, 5.41) is 0.642. The zero-order valence-corrected chi connectivity index (χ0v) is 13.5. The molecular weight excluding hydrogens is 302 g/mol. The van der Waals surface area contributed by atoms with Gasteiger partial charge < -0.3 is 9.64 Å². The van der Waals surface area contributed by atoms with Crippen LogP contribution in [0.1, 0.15) is 12.5 Å². The van der Waals surface area contributed by atoms with Crippen molar-refractivity contribution in [2.45, 2.75) is 6.92 Å². The second-order valence-electron chi connectivity index (χ2n) is 4.84. The summed E-state index contributed by atoms with van der Waals surface area (Å²) in [6, 6.07) is 7.15. The smallest absolute Gasteiger partial charge is 0.310 e. The van der Waals surface area contributed by atoms with E-state index in [1.165, 1.54) is 13.2 Å². The summed E-state index contributed by atoms with van der Waals surface area (Å²) in [6.45, 7) is 6.00. The fourth-order valence-corrected chi connectivity index (χ4v) is 1.99. The molecular formula is C17H20ClNO3. The summed E-state index contributed by atoms with van der Waals surface area (Å²) in [5.74, 6) is -0.924. The Hall–Kier alpha value is -2.07. The normalized spacial score (nSPS) is 12.0. The van der Waals surface area contributed by atoms with Gasteiger partial charge in [-0.25, -0.2) is 0 Å². The van der Waals surface area contributed by atoms with E-state index in [1.807, 2.05) is 12.1 Å². The van der Waals surface area contributed by atoms with Crippen molar-refractivity contribution in [2.24, 2.45) is 5.92 Å². The highest BCUT2D eigenvalue weighted by Crippen LogP contribution is 2.11. The maximum absolute atomic E-state index is 12.2. The highest BCUT2D eigenvalue weighted by molar-refractivity contribution is 6.30. The maximum atomic E-state index is 12.2. The molecule has 0 radical (unpaired) electrons. The average Bonchev–Trinajstić information content (AvgIpc) is 2.52. The second kappa shape index (κ2) is 9.05. The van der Waals surface area contributed by atoms with E-state index in [2.05, 4.69) is 11.3 Å². The van der Waals surface area contributed by atoms with Gasteiger partial charge in [-0.15, -0.1) is 6.58 Å². The number of hydrogen-bond acceptors (Lipinski definition) is 3. The number of methoxy groups -OCH3 is 1. The number of rotatable bonds is 7. The van der Waals surface area contributed by atoms with Crippen LogP contribution in [-0.2, 0) is 14.3 Å². The lowest BCUT2D eigenvalue weighted by Gasteiger charge is -2.22. The van der Waals surface area contributed by atoms with Crippen molar-refractivity contribution < 1.29 is 14.3 Å². The van der Waals surface area contributed by atoms with Crippen molar-refractivity contribution in [3.8, 4) is 0 Å². The number of carbonyl (C=O) groups excluding carboxylic acids is 2. The van der Waals surface area contributed by atoms with Crippen LogP contribution in [0.15, 0.2) is 43.0 Å². The molecule has 1 rings (SSSR count). The number of esters is 1. The van der Waals surface area contributed by atoms with E-state index in [1.54, 1.807) is 36.1 Å². The lowest BCUT2D eigenvalue weighted by molar-refractivity contribution is -0.145. The summed E-state index contributed by atoms with van der Waals surface area (Å²) in [4.78, 5) is 25.2. The van der Waals surface area contributed by atoms with Gasteiger partial charge in [0, 0.05) is 24.2 Å². The molecule has 0 aliphatic heterocycles. The zero-order chi connectivity index (χ0) is 16.5. The fraction of sp³-hybridized carbons (Fsp3) is 0.294. The molecule has 0 N–H and O–H groups in total. The first kappa shape index (κ1) is 18.0. The van der Waals surface area contributed by atoms with Crippen molar-refractivity contribution in [3.63, 3.8) is 0 Å². The van der Waals surface area contributed by atoms with Gasteiger partial charge in [0.05, 0.1) is 13.0 Å². The van der Waals surface area contributed by atoms with Crippen LogP contribution in [0.2, 0.25) is 5.02 Å². The third-order valence-corrected chi connectivity index (χ3v) is 3.30. The van der Waals surface area contributed by atoms with Crippen molar-refractivity contribution in [3.05, 3.63) is 53.6 Å². The third-order valence-electron chi connectivity index (χ3n) is 3.05. The third kappa shape index (κ3) is 5.74. The quantitative estimate of drug-likeness (QED) is 0.440. The van der Waals surface area contributed by atoms with E-state index in [4.69, 9.17) is 11.6 Å². The van der Waals surface area contributed by atoms with Crippen molar-refractivity contribution in [2.75, 3.05) is 20.2 Å². The highest BCUT2D eigenvalue weighted by atomic mass is 35.5. The SMILES string of the molecule is C=CCN(CC(C)C(=O)OC)C(=O)/C=C/c1ccc(Cl)cc1. The van der Waals surface area contributed by atoms with E-state index >= 15 is 0 Å². The first-order valence-corrected chi connectivity index (χ1v) is 7.27. The average molecular weight is 322 g/mol. The Bertz CT molecular complexity index is 552. The van der Waals surface area contributed by atoms with Crippen LogP contribution in [0.3, 0.4) is 0 Å². The lowest BCUT2D eigenvalue weighted by atomic mass is 10.1. The van der Waals surface area contributed by atoms with E-state index in [0.717, 1.165) is 5.56 Å². The summed E-state index contributed by atoms with van der Waals surface area (Å²) < 4.78 is 4.68. The first-order chi connectivity index (χ1) is 10.5. The van der Waals surface area contributed by atoms with Crippen LogP contribution in [0, 0.1) is 5.92 Å². The number of amides is 1. The van der Waals surface area contributed by atoms with Crippen molar-refractivity contribution >= 4 is 29.6 Å². The van der Waals surface area contributed by atoms with Crippen LogP contribution in [0.25, 0.3) is 6.08 Å². The Kier molecular flexibility index (Phi) is 7.40. The molecule has 0 saturated heterocycles. The molecule has 0 aliphatic carbocycles. The van der Waals surface area contributed by atoms with Gasteiger partial charge in [-0.2, -0.15) is 0 Å². The minimum atomic E-state index is -0.391. The molecule has 0 aliphatic rings. The van der Waals surface area contributed by atoms with Crippen LogP contribution in [-0.4, -0.2) is 37.0 Å². The molecule has 0 spiro atoms. The maximum Gasteiger partial charge on any atom is 0.310 e. The standard InChI is InChI=1S/C17H20ClNO3/c1-4-11-19(12-13(2)17(21)22-3)16(20)10-7-14-5-8-15(18)9-6-14/h4-10,13H,1,11-12H2,2-3H3/b10-7+. The molecule has 1 amide bonds. The monoisotopic (exact) mass is 321 g/mol. The number of benzene rings is 1.